The SMILES string of the molecule is COC(=O)C(Cl)CNCc1nc2ccccc2s1. The average Bonchev–Trinajstić information content (AvgIpc) is 2.80. The number of aromatic nitrogens is 1. The lowest BCUT2D eigenvalue weighted by molar-refractivity contribution is -0.140. The number of carbonyl (C=O) groups excluding carboxylic acids is 1. The van der Waals surface area contributed by atoms with E-state index < -0.39 is 11.3 Å². The van der Waals surface area contributed by atoms with Crippen LogP contribution in [0.3, 0.4) is 0 Å². The van der Waals surface area contributed by atoms with Crippen LogP contribution >= 0.6 is 22.9 Å². The molecule has 6 heteroatoms. The second-order valence-corrected chi connectivity index (χ2v) is 5.34. The summed E-state index contributed by atoms with van der Waals surface area (Å²) in [6.07, 6.45) is 0. The van der Waals surface area contributed by atoms with Crippen molar-refractivity contribution < 1.29 is 9.53 Å². The first kappa shape index (κ1) is 13.3. The van der Waals surface area contributed by atoms with Crippen LogP contribution in [0.25, 0.3) is 10.2 Å². The number of halogens is 1. The van der Waals surface area contributed by atoms with E-state index in [1.54, 1.807) is 11.3 Å². The first-order valence-electron chi connectivity index (χ1n) is 5.48. The summed E-state index contributed by atoms with van der Waals surface area (Å²) in [6.45, 7) is 0.962. The Hall–Kier alpha value is -1.17. The number of nitrogens with zero attached hydrogens (tertiary/aromatic N) is 1. The zero-order valence-corrected chi connectivity index (χ0v) is 11.4. The fourth-order valence-corrected chi connectivity index (χ4v) is 2.65. The second kappa shape index (κ2) is 6.13. The van der Waals surface area contributed by atoms with E-state index in [9.17, 15) is 4.79 Å². The Morgan fingerprint density at radius 3 is 3.06 bits per heavy atom. The van der Waals surface area contributed by atoms with Crippen molar-refractivity contribution in [2.75, 3.05) is 13.7 Å². The maximum atomic E-state index is 11.1. The van der Waals surface area contributed by atoms with E-state index in [4.69, 9.17) is 11.6 Å². The number of carbonyl (C=O) groups is 1. The summed E-state index contributed by atoms with van der Waals surface area (Å²) in [6, 6.07) is 7.97. The first-order valence-corrected chi connectivity index (χ1v) is 6.73. The van der Waals surface area contributed by atoms with Gasteiger partial charge in [-0.15, -0.1) is 22.9 Å². The first-order chi connectivity index (χ1) is 8.70. The smallest absolute Gasteiger partial charge is 0.325 e. The summed E-state index contributed by atoms with van der Waals surface area (Å²) < 4.78 is 5.70. The molecule has 0 aliphatic heterocycles. The monoisotopic (exact) mass is 284 g/mol. The molecule has 96 valence electrons. The summed E-state index contributed by atoms with van der Waals surface area (Å²) in [5.74, 6) is -0.423. The van der Waals surface area contributed by atoms with Gasteiger partial charge in [0.15, 0.2) is 0 Å². The molecule has 0 aliphatic rings. The molecule has 1 unspecified atom stereocenters. The van der Waals surface area contributed by atoms with Crippen LogP contribution in [0.2, 0.25) is 0 Å². The number of ether oxygens (including phenoxy) is 1. The second-order valence-electron chi connectivity index (χ2n) is 3.70. The number of thiazole rings is 1. The van der Waals surface area contributed by atoms with Gasteiger partial charge in [0.1, 0.15) is 10.4 Å². The van der Waals surface area contributed by atoms with Crippen molar-refractivity contribution in [1.29, 1.82) is 0 Å². The lowest BCUT2D eigenvalue weighted by Gasteiger charge is -2.07. The van der Waals surface area contributed by atoms with Crippen LogP contribution in [0.1, 0.15) is 5.01 Å². The molecule has 18 heavy (non-hydrogen) atoms. The van der Waals surface area contributed by atoms with Crippen molar-refractivity contribution >= 4 is 39.1 Å². The molecule has 0 spiro atoms. The minimum atomic E-state index is -0.663. The number of methoxy groups -OCH3 is 1. The zero-order valence-electron chi connectivity index (χ0n) is 9.85. The van der Waals surface area contributed by atoms with E-state index in [0.29, 0.717) is 13.1 Å². The van der Waals surface area contributed by atoms with Gasteiger partial charge in [0, 0.05) is 13.1 Å². The molecule has 0 aliphatic carbocycles. The van der Waals surface area contributed by atoms with Crippen molar-refractivity contribution in [3.63, 3.8) is 0 Å². The molecule has 1 atom stereocenters. The third-order valence-corrected chi connectivity index (χ3v) is 3.76. The molecule has 1 N–H and O–H groups in total. The molecular formula is C12H13ClN2O2S. The van der Waals surface area contributed by atoms with Crippen molar-refractivity contribution in [2.45, 2.75) is 11.9 Å². The van der Waals surface area contributed by atoms with E-state index in [1.807, 2.05) is 24.3 Å². The summed E-state index contributed by atoms with van der Waals surface area (Å²) >= 11 is 7.45. The lowest BCUT2D eigenvalue weighted by Crippen LogP contribution is -2.29. The van der Waals surface area contributed by atoms with Gasteiger partial charge in [0.2, 0.25) is 0 Å². The number of alkyl halides is 1. The summed E-state index contributed by atoms with van der Waals surface area (Å²) in [7, 11) is 1.32. The fraction of sp³-hybridized carbons (Fsp3) is 0.333. The van der Waals surface area contributed by atoms with Crippen LogP contribution < -0.4 is 5.32 Å². The molecule has 0 bridgehead atoms. The maximum absolute atomic E-state index is 11.1. The van der Waals surface area contributed by atoms with Gasteiger partial charge in [0.05, 0.1) is 17.3 Å². The molecule has 1 aromatic heterocycles. The van der Waals surface area contributed by atoms with Crippen LogP contribution in [-0.2, 0) is 16.1 Å². The molecular weight excluding hydrogens is 272 g/mol. The predicted octanol–water partition coefficient (Wildman–Crippen LogP) is 2.17. The van der Waals surface area contributed by atoms with Gasteiger partial charge in [-0.2, -0.15) is 0 Å². The third-order valence-electron chi connectivity index (χ3n) is 2.39. The highest BCUT2D eigenvalue weighted by atomic mass is 35.5. The molecule has 0 radical (unpaired) electrons. The van der Waals surface area contributed by atoms with Gasteiger partial charge in [-0.3, -0.25) is 4.79 Å². The Kier molecular flexibility index (Phi) is 4.52. The largest absolute Gasteiger partial charge is 0.468 e. The minimum absolute atomic E-state index is 0.365. The van der Waals surface area contributed by atoms with E-state index in [-0.39, 0.29) is 0 Å². The van der Waals surface area contributed by atoms with Gasteiger partial charge in [0.25, 0.3) is 0 Å². The number of para-hydroxylation sites is 1. The highest BCUT2D eigenvalue weighted by Crippen LogP contribution is 2.21. The Balaban J connectivity index is 1.88. The van der Waals surface area contributed by atoms with Crippen molar-refractivity contribution in [3.05, 3.63) is 29.3 Å². The summed E-state index contributed by atoms with van der Waals surface area (Å²) in [4.78, 5) is 15.6. The normalized spacial score (nSPS) is 12.6. The molecule has 1 aromatic carbocycles. The zero-order chi connectivity index (χ0) is 13.0. The van der Waals surface area contributed by atoms with E-state index in [0.717, 1.165) is 15.2 Å². The Bertz CT molecular complexity index is 511. The van der Waals surface area contributed by atoms with Gasteiger partial charge in [-0.1, -0.05) is 12.1 Å². The maximum Gasteiger partial charge on any atom is 0.325 e. The van der Waals surface area contributed by atoms with Gasteiger partial charge in [-0.25, -0.2) is 4.98 Å². The molecule has 0 saturated carbocycles. The average molecular weight is 285 g/mol. The van der Waals surface area contributed by atoms with Crippen LogP contribution in [-0.4, -0.2) is 30.0 Å². The number of fused-ring (bicyclic) bond motifs is 1. The van der Waals surface area contributed by atoms with Gasteiger partial charge >= 0.3 is 5.97 Å². The molecule has 4 nitrogen and oxygen atoms in total. The van der Waals surface area contributed by atoms with Gasteiger partial charge < -0.3 is 10.1 Å². The highest BCUT2D eigenvalue weighted by molar-refractivity contribution is 7.18. The Morgan fingerprint density at radius 2 is 2.33 bits per heavy atom. The van der Waals surface area contributed by atoms with E-state index >= 15 is 0 Å². The molecule has 2 rings (SSSR count). The van der Waals surface area contributed by atoms with Crippen LogP contribution in [0, 0.1) is 0 Å². The number of nitrogens with one attached hydrogen (secondary N) is 1. The van der Waals surface area contributed by atoms with E-state index in [1.165, 1.54) is 7.11 Å². The number of benzene rings is 1. The predicted molar refractivity (Wildman–Crippen MR) is 73.0 cm³/mol. The van der Waals surface area contributed by atoms with Crippen molar-refractivity contribution in [1.82, 2.24) is 10.3 Å². The van der Waals surface area contributed by atoms with Crippen LogP contribution in [0.4, 0.5) is 0 Å². The lowest BCUT2D eigenvalue weighted by atomic mass is 10.3. The highest BCUT2D eigenvalue weighted by Gasteiger charge is 2.15. The molecule has 2 aromatic rings. The van der Waals surface area contributed by atoms with Crippen LogP contribution in [0.15, 0.2) is 24.3 Å². The molecule has 0 amide bonds. The van der Waals surface area contributed by atoms with Crippen molar-refractivity contribution in [2.24, 2.45) is 0 Å². The Labute approximate surface area is 114 Å². The van der Waals surface area contributed by atoms with Crippen molar-refractivity contribution in [3.8, 4) is 0 Å². The molecule has 0 saturated heterocycles. The number of hydrogen-bond acceptors (Lipinski definition) is 5. The fourth-order valence-electron chi connectivity index (χ4n) is 1.51. The quantitative estimate of drug-likeness (QED) is 0.675. The molecule has 1 heterocycles. The number of esters is 1. The summed E-state index contributed by atoms with van der Waals surface area (Å²) in [5.41, 5.74) is 0.995. The number of rotatable bonds is 5. The van der Waals surface area contributed by atoms with Gasteiger partial charge in [-0.05, 0) is 12.1 Å². The third kappa shape index (κ3) is 3.19. The summed E-state index contributed by atoms with van der Waals surface area (Å²) in [5, 5.41) is 3.41. The number of hydrogen-bond donors (Lipinski definition) is 1. The minimum Gasteiger partial charge on any atom is -0.468 e. The molecule has 0 fully saturated rings. The van der Waals surface area contributed by atoms with Crippen LogP contribution in [0.5, 0.6) is 0 Å². The topological polar surface area (TPSA) is 51.2 Å². The standard InChI is InChI=1S/C12H13ClN2O2S/c1-17-12(16)8(13)6-14-7-11-15-9-4-2-3-5-10(9)18-11/h2-5,8,14H,6-7H2,1H3. The van der Waals surface area contributed by atoms with E-state index in [2.05, 4.69) is 15.0 Å². The Morgan fingerprint density at radius 1 is 1.56 bits per heavy atom.